The summed E-state index contributed by atoms with van der Waals surface area (Å²) < 4.78 is 5.58. The van der Waals surface area contributed by atoms with Crippen LogP contribution < -0.4 is 9.64 Å². The van der Waals surface area contributed by atoms with Gasteiger partial charge in [0.15, 0.2) is 6.61 Å². The minimum absolute atomic E-state index is 0.0984. The van der Waals surface area contributed by atoms with Gasteiger partial charge in [0.1, 0.15) is 5.75 Å². The predicted octanol–water partition coefficient (Wildman–Crippen LogP) is 1.52. The topological polar surface area (TPSA) is 87.2 Å². The van der Waals surface area contributed by atoms with Gasteiger partial charge in [-0.1, -0.05) is 6.07 Å². The molecule has 2 aliphatic heterocycles. The Kier molecular flexibility index (Phi) is 5.21. The number of piperidine rings is 1. The van der Waals surface area contributed by atoms with Crippen LogP contribution in [0.3, 0.4) is 0 Å². The van der Waals surface area contributed by atoms with E-state index in [0.29, 0.717) is 38.1 Å². The maximum Gasteiger partial charge on any atom is 0.308 e. The summed E-state index contributed by atoms with van der Waals surface area (Å²) in [6.07, 6.45) is 2.70. The van der Waals surface area contributed by atoms with Crippen LogP contribution >= 0.6 is 0 Å². The number of carbonyl (C=O) groups excluding carboxylic acids is 2. The molecule has 1 atom stereocenters. The normalized spacial score (nSPS) is 20.6. The van der Waals surface area contributed by atoms with Crippen molar-refractivity contribution in [2.24, 2.45) is 5.92 Å². The number of carboxylic acids is 1. The SMILES string of the molecule is O=C(O)C1CCCN(C(=O)COc2cccc(N3CCCC3=O)c2)C1. The molecule has 2 fully saturated rings. The van der Waals surface area contributed by atoms with Crippen LogP contribution in [0.1, 0.15) is 25.7 Å². The van der Waals surface area contributed by atoms with Crippen LogP contribution in [-0.4, -0.2) is 54.0 Å². The lowest BCUT2D eigenvalue weighted by Crippen LogP contribution is -2.44. The number of hydrogen-bond donors (Lipinski definition) is 1. The Morgan fingerprint density at radius 3 is 2.80 bits per heavy atom. The monoisotopic (exact) mass is 346 g/mol. The van der Waals surface area contributed by atoms with Crippen LogP contribution in [0.5, 0.6) is 5.75 Å². The lowest BCUT2D eigenvalue weighted by Gasteiger charge is -2.30. The van der Waals surface area contributed by atoms with Gasteiger partial charge >= 0.3 is 5.97 Å². The molecular formula is C18H22N2O5. The van der Waals surface area contributed by atoms with Gasteiger partial charge in [-0.05, 0) is 31.4 Å². The van der Waals surface area contributed by atoms with Crippen molar-refractivity contribution in [2.45, 2.75) is 25.7 Å². The summed E-state index contributed by atoms with van der Waals surface area (Å²) in [5, 5.41) is 9.10. The van der Waals surface area contributed by atoms with Crippen molar-refractivity contribution in [1.29, 1.82) is 0 Å². The molecule has 1 aromatic rings. The number of anilines is 1. The number of aliphatic carboxylic acids is 1. The van der Waals surface area contributed by atoms with Gasteiger partial charge in [0, 0.05) is 37.8 Å². The summed E-state index contributed by atoms with van der Waals surface area (Å²) in [7, 11) is 0. The Balaban J connectivity index is 1.57. The highest BCUT2D eigenvalue weighted by molar-refractivity contribution is 5.95. The summed E-state index contributed by atoms with van der Waals surface area (Å²) in [5.41, 5.74) is 0.774. The van der Waals surface area contributed by atoms with Gasteiger partial charge in [0.2, 0.25) is 5.91 Å². The smallest absolute Gasteiger partial charge is 0.308 e. The largest absolute Gasteiger partial charge is 0.484 e. The van der Waals surface area contributed by atoms with Crippen LogP contribution in [0.2, 0.25) is 0 Å². The molecule has 0 aliphatic carbocycles. The molecule has 1 unspecified atom stereocenters. The molecule has 0 radical (unpaired) electrons. The van der Waals surface area contributed by atoms with Crippen molar-refractivity contribution in [3.05, 3.63) is 24.3 Å². The zero-order valence-electron chi connectivity index (χ0n) is 14.0. The molecule has 0 saturated carbocycles. The van der Waals surface area contributed by atoms with Gasteiger partial charge in [-0.25, -0.2) is 0 Å². The van der Waals surface area contributed by atoms with E-state index in [0.717, 1.165) is 12.1 Å². The van der Waals surface area contributed by atoms with Crippen LogP contribution in [0.15, 0.2) is 24.3 Å². The first-order valence-electron chi connectivity index (χ1n) is 8.58. The second-order valence-electron chi connectivity index (χ2n) is 6.45. The third-order valence-corrected chi connectivity index (χ3v) is 4.69. The fraction of sp³-hybridized carbons (Fsp3) is 0.500. The minimum Gasteiger partial charge on any atom is -0.484 e. The molecule has 0 aromatic heterocycles. The zero-order chi connectivity index (χ0) is 17.8. The van der Waals surface area contributed by atoms with E-state index in [1.54, 1.807) is 28.0 Å². The highest BCUT2D eigenvalue weighted by atomic mass is 16.5. The van der Waals surface area contributed by atoms with Gasteiger partial charge < -0.3 is 19.6 Å². The number of amides is 2. The number of hydrogen-bond acceptors (Lipinski definition) is 4. The molecular weight excluding hydrogens is 324 g/mol. The molecule has 7 heteroatoms. The Morgan fingerprint density at radius 1 is 1.24 bits per heavy atom. The number of carbonyl (C=O) groups is 3. The maximum absolute atomic E-state index is 12.3. The average molecular weight is 346 g/mol. The number of likely N-dealkylation sites (tertiary alicyclic amines) is 1. The number of rotatable bonds is 5. The quantitative estimate of drug-likeness (QED) is 0.873. The third kappa shape index (κ3) is 4.10. The highest BCUT2D eigenvalue weighted by Gasteiger charge is 2.28. The number of nitrogens with zero attached hydrogens (tertiary/aromatic N) is 2. The average Bonchev–Trinajstić information content (AvgIpc) is 3.06. The first kappa shape index (κ1) is 17.3. The molecule has 2 amide bonds. The summed E-state index contributed by atoms with van der Waals surface area (Å²) in [5.74, 6) is -0.948. The van der Waals surface area contributed by atoms with Crippen LogP contribution in [-0.2, 0) is 14.4 Å². The molecule has 7 nitrogen and oxygen atoms in total. The first-order chi connectivity index (χ1) is 12.0. The van der Waals surface area contributed by atoms with Gasteiger partial charge in [0.25, 0.3) is 5.91 Å². The number of carboxylic acid groups (broad SMARTS) is 1. The fourth-order valence-electron chi connectivity index (χ4n) is 3.30. The molecule has 3 rings (SSSR count). The Morgan fingerprint density at radius 2 is 2.08 bits per heavy atom. The third-order valence-electron chi connectivity index (χ3n) is 4.69. The van der Waals surface area contributed by atoms with Crippen LogP contribution in [0.4, 0.5) is 5.69 Å². The van der Waals surface area contributed by atoms with Crippen molar-refractivity contribution >= 4 is 23.5 Å². The lowest BCUT2D eigenvalue weighted by molar-refractivity contribution is -0.146. The lowest BCUT2D eigenvalue weighted by atomic mass is 9.98. The molecule has 0 bridgehead atoms. The second-order valence-corrected chi connectivity index (χ2v) is 6.45. The van der Waals surface area contributed by atoms with E-state index in [2.05, 4.69) is 0 Å². The van der Waals surface area contributed by atoms with Gasteiger partial charge in [0.05, 0.1) is 5.92 Å². The summed E-state index contributed by atoms with van der Waals surface area (Å²) in [6, 6.07) is 7.14. The molecule has 0 spiro atoms. The van der Waals surface area contributed by atoms with E-state index < -0.39 is 11.9 Å². The van der Waals surface area contributed by atoms with Crippen molar-refractivity contribution in [3.8, 4) is 5.75 Å². The van der Waals surface area contributed by atoms with Gasteiger partial charge in [-0.15, -0.1) is 0 Å². The van der Waals surface area contributed by atoms with Crippen LogP contribution in [0.25, 0.3) is 0 Å². The fourth-order valence-corrected chi connectivity index (χ4v) is 3.30. The predicted molar refractivity (Wildman–Crippen MR) is 90.5 cm³/mol. The molecule has 25 heavy (non-hydrogen) atoms. The summed E-state index contributed by atoms with van der Waals surface area (Å²) in [4.78, 5) is 38.5. The highest BCUT2D eigenvalue weighted by Crippen LogP contribution is 2.25. The van der Waals surface area contributed by atoms with Crippen molar-refractivity contribution in [3.63, 3.8) is 0 Å². The molecule has 2 saturated heterocycles. The van der Waals surface area contributed by atoms with Crippen LogP contribution in [0, 0.1) is 5.92 Å². The van der Waals surface area contributed by atoms with E-state index in [9.17, 15) is 14.4 Å². The summed E-state index contributed by atoms with van der Waals surface area (Å²) in [6.45, 7) is 1.36. The van der Waals surface area contributed by atoms with Crippen molar-refractivity contribution in [2.75, 3.05) is 31.1 Å². The first-order valence-corrected chi connectivity index (χ1v) is 8.58. The molecule has 134 valence electrons. The van der Waals surface area contributed by atoms with Gasteiger partial charge in [-0.2, -0.15) is 0 Å². The number of benzene rings is 1. The molecule has 2 aliphatic rings. The van der Waals surface area contributed by atoms with Crippen molar-refractivity contribution in [1.82, 2.24) is 4.90 Å². The van der Waals surface area contributed by atoms with Gasteiger partial charge in [-0.3, -0.25) is 14.4 Å². The maximum atomic E-state index is 12.3. The Bertz CT molecular complexity index is 675. The van der Waals surface area contributed by atoms with E-state index >= 15 is 0 Å². The van der Waals surface area contributed by atoms with E-state index in [-0.39, 0.29) is 25.0 Å². The second kappa shape index (κ2) is 7.55. The number of ether oxygens (including phenoxy) is 1. The zero-order valence-corrected chi connectivity index (χ0v) is 14.0. The van der Waals surface area contributed by atoms with Crippen molar-refractivity contribution < 1.29 is 24.2 Å². The molecule has 1 aromatic carbocycles. The Labute approximate surface area is 146 Å². The van der Waals surface area contributed by atoms with E-state index in [1.165, 1.54) is 0 Å². The van der Waals surface area contributed by atoms with E-state index in [4.69, 9.17) is 9.84 Å². The molecule has 1 N–H and O–H groups in total. The molecule has 2 heterocycles. The minimum atomic E-state index is -0.860. The Hall–Kier alpha value is -2.57. The standard InChI is InChI=1S/C18H22N2O5/c21-16-7-3-9-20(16)14-5-1-6-15(10-14)25-12-17(22)19-8-2-4-13(11-19)18(23)24/h1,5-6,10,13H,2-4,7-9,11-12H2,(H,23,24). The summed E-state index contributed by atoms with van der Waals surface area (Å²) >= 11 is 0. The van der Waals surface area contributed by atoms with E-state index in [1.807, 2.05) is 6.07 Å².